The first-order chi connectivity index (χ1) is 8.95. The summed E-state index contributed by atoms with van der Waals surface area (Å²) in [5.41, 5.74) is 1.30. The molecule has 4 heteroatoms. The third kappa shape index (κ3) is 2.90. The van der Waals surface area contributed by atoms with Crippen molar-refractivity contribution in [2.45, 2.75) is 26.7 Å². The monoisotopic (exact) mass is 276 g/mol. The number of rotatable bonds is 1. The Morgan fingerprint density at radius 3 is 2.63 bits per heavy atom. The van der Waals surface area contributed by atoms with Crippen LogP contribution in [0.4, 0.5) is 0 Å². The van der Waals surface area contributed by atoms with Crippen LogP contribution in [0.5, 0.6) is 0 Å². The first-order valence-corrected chi connectivity index (χ1v) is 6.80. The summed E-state index contributed by atoms with van der Waals surface area (Å²) in [6.07, 6.45) is 1.46. The van der Waals surface area contributed by atoms with E-state index < -0.39 is 0 Å². The fourth-order valence-electron chi connectivity index (χ4n) is 2.31. The highest BCUT2D eigenvalue weighted by Gasteiger charge is 2.32. The Labute approximate surface area is 118 Å². The molecule has 1 fully saturated rings. The summed E-state index contributed by atoms with van der Waals surface area (Å²) in [6, 6.07) is 7.71. The number of amides is 1. The van der Waals surface area contributed by atoms with Crippen molar-refractivity contribution < 1.29 is 4.79 Å². The lowest BCUT2D eigenvalue weighted by molar-refractivity contribution is 0.0661. The van der Waals surface area contributed by atoms with Gasteiger partial charge in [0.05, 0.1) is 11.5 Å². The van der Waals surface area contributed by atoms with Crippen LogP contribution < -0.4 is 0 Å². The maximum absolute atomic E-state index is 12.5. The number of hydrogen-bond acceptors (Lipinski definition) is 2. The fourth-order valence-corrected chi connectivity index (χ4v) is 2.48. The zero-order chi connectivity index (χ0) is 14.0. The van der Waals surface area contributed by atoms with Gasteiger partial charge in [0.1, 0.15) is 0 Å². The Bertz CT molecular complexity index is 540. The van der Waals surface area contributed by atoms with Crippen LogP contribution in [-0.2, 0) is 0 Å². The Hall–Kier alpha value is -1.53. The lowest BCUT2D eigenvalue weighted by Gasteiger charge is -2.35. The third-order valence-corrected chi connectivity index (χ3v) is 4.09. The van der Waals surface area contributed by atoms with E-state index in [9.17, 15) is 4.79 Å². The molecule has 0 N–H and O–H groups in total. The molecule has 0 bridgehead atoms. The van der Waals surface area contributed by atoms with Crippen LogP contribution in [0.15, 0.2) is 18.2 Å². The van der Waals surface area contributed by atoms with E-state index in [-0.39, 0.29) is 11.3 Å². The molecular formula is C15H17ClN2O. The van der Waals surface area contributed by atoms with Crippen LogP contribution in [0, 0.1) is 23.7 Å². The summed E-state index contributed by atoms with van der Waals surface area (Å²) in [4.78, 5) is 14.3. The number of likely N-dealkylation sites (tertiary alicyclic amines) is 1. The SMILES string of the molecule is Cc1ccc(Cl)cc1C(=O)N1CCC(C)(C#N)CC1. The van der Waals surface area contributed by atoms with Gasteiger partial charge in [0.2, 0.25) is 0 Å². The maximum atomic E-state index is 12.5. The van der Waals surface area contributed by atoms with Gasteiger partial charge in [0.25, 0.3) is 5.91 Å². The molecule has 0 aliphatic carbocycles. The molecule has 3 nitrogen and oxygen atoms in total. The Morgan fingerprint density at radius 1 is 1.42 bits per heavy atom. The lowest BCUT2D eigenvalue weighted by atomic mass is 9.82. The van der Waals surface area contributed by atoms with Gasteiger partial charge in [0, 0.05) is 23.7 Å². The van der Waals surface area contributed by atoms with Crippen LogP contribution in [0.3, 0.4) is 0 Å². The van der Waals surface area contributed by atoms with Gasteiger partial charge >= 0.3 is 0 Å². The predicted octanol–water partition coefficient (Wildman–Crippen LogP) is 3.41. The number of carbonyl (C=O) groups is 1. The van der Waals surface area contributed by atoms with Crippen molar-refractivity contribution in [2.75, 3.05) is 13.1 Å². The van der Waals surface area contributed by atoms with E-state index >= 15 is 0 Å². The van der Waals surface area contributed by atoms with Gasteiger partial charge < -0.3 is 4.90 Å². The average molecular weight is 277 g/mol. The Morgan fingerprint density at radius 2 is 2.05 bits per heavy atom. The number of hydrogen-bond donors (Lipinski definition) is 0. The molecule has 0 radical (unpaired) electrons. The highest BCUT2D eigenvalue weighted by Crippen LogP contribution is 2.30. The van der Waals surface area contributed by atoms with E-state index in [1.54, 1.807) is 12.1 Å². The van der Waals surface area contributed by atoms with Crippen molar-refractivity contribution in [1.29, 1.82) is 5.26 Å². The van der Waals surface area contributed by atoms with Crippen molar-refractivity contribution in [1.82, 2.24) is 4.90 Å². The molecule has 100 valence electrons. The molecule has 0 atom stereocenters. The minimum absolute atomic E-state index is 0.0139. The smallest absolute Gasteiger partial charge is 0.254 e. The van der Waals surface area contributed by atoms with Crippen molar-refractivity contribution >= 4 is 17.5 Å². The Kier molecular flexibility index (Phi) is 3.82. The number of carbonyl (C=O) groups excluding carboxylic acids is 1. The molecule has 2 rings (SSSR count). The summed E-state index contributed by atoms with van der Waals surface area (Å²) in [5, 5.41) is 9.68. The number of piperidine rings is 1. The summed E-state index contributed by atoms with van der Waals surface area (Å²) >= 11 is 5.95. The van der Waals surface area contributed by atoms with E-state index in [2.05, 4.69) is 6.07 Å². The summed E-state index contributed by atoms with van der Waals surface area (Å²) in [5.74, 6) is 0.0139. The molecule has 1 saturated heterocycles. The molecule has 0 saturated carbocycles. The predicted molar refractivity (Wildman–Crippen MR) is 75.0 cm³/mol. The average Bonchev–Trinajstić information content (AvgIpc) is 2.42. The van der Waals surface area contributed by atoms with Gasteiger partial charge in [0.15, 0.2) is 0 Å². The lowest BCUT2D eigenvalue weighted by Crippen LogP contribution is -2.41. The molecule has 0 aromatic heterocycles. The fraction of sp³-hybridized carbons (Fsp3) is 0.467. The molecule has 1 aliphatic heterocycles. The first kappa shape index (κ1) is 13.9. The minimum Gasteiger partial charge on any atom is -0.339 e. The standard InChI is InChI=1S/C15H17ClN2O/c1-11-3-4-12(16)9-13(11)14(19)18-7-5-15(2,10-17)6-8-18/h3-4,9H,5-8H2,1-2H3. The van der Waals surface area contributed by atoms with Gasteiger partial charge in [-0.2, -0.15) is 5.26 Å². The first-order valence-electron chi connectivity index (χ1n) is 6.42. The van der Waals surface area contributed by atoms with Crippen LogP contribution in [0.1, 0.15) is 35.7 Å². The molecule has 0 spiro atoms. The number of nitriles is 1. The van der Waals surface area contributed by atoms with Crippen molar-refractivity contribution in [3.8, 4) is 6.07 Å². The highest BCUT2D eigenvalue weighted by atomic mass is 35.5. The van der Waals surface area contributed by atoms with Crippen molar-refractivity contribution in [3.05, 3.63) is 34.3 Å². The van der Waals surface area contributed by atoms with E-state index in [4.69, 9.17) is 16.9 Å². The highest BCUT2D eigenvalue weighted by molar-refractivity contribution is 6.31. The van der Waals surface area contributed by atoms with E-state index in [1.807, 2.05) is 24.8 Å². The van der Waals surface area contributed by atoms with Crippen LogP contribution in [0.2, 0.25) is 5.02 Å². The largest absolute Gasteiger partial charge is 0.339 e. The second-order valence-corrected chi connectivity index (χ2v) is 5.86. The molecular weight excluding hydrogens is 260 g/mol. The molecule has 1 aromatic carbocycles. The molecule has 0 unspecified atom stereocenters. The van der Waals surface area contributed by atoms with E-state index in [0.29, 0.717) is 23.7 Å². The quantitative estimate of drug-likeness (QED) is 0.789. The van der Waals surface area contributed by atoms with Crippen molar-refractivity contribution in [3.63, 3.8) is 0 Å². The summed E-state index contributed by atoms with van der Waals surface area (Å²) in [7, 11) is 0. The van der Waals surface area contributed by atoms with Crippen molar-refractivity contribution in [2.24, 2.45) is 5.41 Å². The van der Waals surface area contributed by atoms with Gasteiger partial charge in [-0.1, -0.05) is 17.7 Å². The normalized spacial score (nSPS) is 17.9. The molecule has 1 heterocycles. The van der Waals surface area contributed by atoms with E-state index in [1.165, 1.54) is 0 Å². The van der Waals surface area contributed by atoms with Crippen LogP contribution in [-0.4, -0.2) is 23.9 Å². The number of halogens is 1. The topological polar surface area (TPSA) is 44.1 Å². The summed E-state index contributed by atoms with van der Waals surface area (Å²) < 4.78 is 0. The molecule has 1 amide bonds. The minimum atomic E-state index is -0.292. The number of aryl methyl sites for hydroxylation is 1. The zero-order valence-electron chi connectivity index (χ0n) is 11.2. The molecule has 19 heavy (non-hydrogen) atoms. The second kappa shape index (κ2) is 5.22. The number of nitrogens with zero attached hydrogens (tertiary/aromatic N) is 2. The maximum Gasteiger partial charge on any atom is 0.254 e. The van der Waals surface area contributed by atoms with Gasteiger partial charge in [-0.25, -0.2) is 0 Å². The second-order valence-electron chi connectivity index (χ2n) is 5.42. The number of benzene rings is 1. The zero-order valence-corrected chi connectivity index (χ0v) is 12.0. The van der Waals surface area contributed by atoms with Gasteiger partial charge in [-0.3, -0.25) is 4.79 Å². The van der Waals surface area contributed by atoms with Crippen LogP contribution in [0.25, 0.3) is 0 Å². The summed E-state index contributed by atoms with van der Waals surface area (Å²) in [6.45, 7) is 5.13. The van der Waals surface area contributed by atoms with Crippen LogP contribution >= 0.6 is 11.6 Å². The Balaban J connectivity index is 2.14. The third-order valence-electron chi connectivity index (χ3n) is 3.85. The molecule has 1 aliphatic rings. The van der Waals surface area contributed by atoms with E-state index in [0.717, 1.165) is 18.4 Å². The van der Waals surface area contributed by atoms with Gasteiger partial charge in [-0.15, -0.1) is 0 Å². The molecule has 1 aromatic rings. The van der Waals surface area contributed by atoms with Gasteiger partial charge in [-0.05, 0) is 44.4 Å².